The molecule has 0 saturated heterocycles. The van der Waals surface area contributed by atoms with Gasteiger partial charge in [0.2, 0.25) is 0 Å². The maximum absolute atomic E-state index is 13.3. The van der Waals surface area contributed by atoms with Gasteiger partial charge in [0.05, 0.1) is 48.9 Å². The zero-order valence-corrected chi connectivity index (χ0v) is 21.3. The number of dihydropyridines is 1. The molecule has 0 saturated carbocycles. The molecule has 0 fully saturated rings. The highest BCUT2D eigenvalue weighted by Crippen LogP contribution is 2.40. The first-order valence-electron chi connectivity index (χ1n) is 11.9. The lowest BCUT2D eigenvalue weighted by Gasteiger charge is -2.30. The number of hydrogen-bond donors (Lipinski definition) is 3. The molecule has 0 amide bonds. The molecular formula is C27H30N2O9. The quantitative estimate of drug-likeness (QED) is 0.226. The van der Waals surface area contributed by atoms with Gasteiger partial charge in [-0.2, -0.15) is 0 Å². The lowest BCUT2D eigenvalue weighted by atomic mass is 9.80. The fourth-order valence-corrected chi connectivity index (χ4v) is 4.20. The molecular weight excluding hydrogens is 496 g/mol. The summed E-state index contributed by atoms with van der Waals surface area (Å²) in [4.78, 5) is 36.9. The van der Waals surface area contributed by atoms with E-state index in [1.807, 2.05) is 0 Å². The lowest BCUT2D eigenvalue weighted by Crippen LogP contribution is -2.32. The van der Waals surface area contributed by atoms with E-state index in [0.29, 0.717) is 29.1 Å². The molecule has 0 aliphatic carbocycles. The highest BCUT2D eigenvalue weighted by atomic mass is 16.6. The van der Waals surface area contributed by atoms with Gasteiger partial charge >= 0.3 is 11.9 Å². The Morgan fingerprint density at radius 3 is 2.24 bits per heavy atom. The number of rotatable bonds is 11. The number of aliphatic hydroxyl groups is 2. The highest BCUT2D eigenvalue weighted by Gasteiger charge is 2.38. The van der Waals surface area contributed by atoms with E-state index in [2.05, 4.69) is 5.32 Å². The summed E-state index contributed by atoms with van der Waals surface area (Å²) in [6, 6.07) is 12.7. The number of ether oxygens (including phenoxy) is 3. The molecule has 1 unspecified atom stereocenters. The second-order valence-electron chi connectivity index (χ2n) is 8.61. The number of non-ortho nitro benzene ring substituents is 1. The molecule has 1 atom stereocenters. The van der Waals surface area contributed by atoms with Crippen molar-refractivity contribution in [2.24, 2.45) is 0 Å². The number of nitro benzene ring substituents is 1. The molecule has 3 rings (SSSR count). The van der Waals surface area contributed by atoms with Crippen LogP contribution in [0, 0.1) is 10.1 Å². The van der Waals surface area contributed by atoms with Gasteiger partial charge in [-0.25, -0.2) is 9.59 Å². The summed E-state index contributed by atoms with van der Waals surface area (Å²) >= 11 is 0. The summed E-state index contributed by atoms with van der Waals surface area (Å²) in [5.74, 6) is -1.80. The van der Waals surface area contributed by atoms with Crippen molar-refractivity contribution in [3.05, 3.63) is 92.3 Å². The first-order chi connectivity index (χ1) is 18.2. The minimum atomic E-state index is -0.932. The second-order valence-corrected chi connectivity index (χ2v) is 8.61. The number of allylic oxidation sites excluding steroid dienone is 2. The van der Waals surface area contributed by atoms with Crippen molar-refractivity contribution in [2.75, 3.05) is 26.9 Å². The van der Waals surface area contributed by atoms with Crippen molar-refractivity contribution < 1.29 is 38.9 Å². The minimum Gasteiger partial charge on any atom is -0.486 e. The van der Waals surface area contributed by atoms with E-state index in [4.69, 9.17) is 24.4 Å². The van der Waals surface area contributed by atoms with Crippen molar-refractivity contribution in [3.63, 3.8) is 0 Å². The van der Waals surface area contributed by atoms with Crippen molar-refractivity contribution in [1.82, 2.24) is 5.32 Å². The Bertz CT molecular complexity index is 1250. The Labute approximate surface area is 219 Å². The summed E-state index contributed by atoms with van der Waals surface area (Å²) in [6.07, 6.45) is -0.330. The number of benzene rings is 2. The third kappa shape index (κ3) is 6.55. The summed E-state index contributed by atoms with van der Waals surface area (Å²) in [6.45, 7) is 2.73. The third-order valence-electron chi connectivity index (χ3n) is 6.06. The average molecular weight is 527 g/mol. The Kier molecular flexibility index (Phi) is 9.58. The maximum Gasteiger partial charge on any atom is 0.336 e. The van der Waals surface area contributed by atoms with Crippen LogP contribution >= 0.6 is 0 Å². The normalized spacial score (nSPS) is 15.3. The largest absolute Gasteiger partial charge is 0.486 e. The standard InChI is InChI=1S/C27H30N2O9/c1-16-23(26(32)36-3)25(19-5-4-6-20(13-19)29(34)35)24(17(2)28-16)27(33)37-12-11-18-7-9-21(10-8-18)38-22(14-30)15-31/h4-10,13,22,25,28,30-31H,11-12,14-15H2,1-3H3. The smallest absolute Gasteiger partial charge is 0.336 e. The first-order valence-corrected chi connectivity index (χ1v) is 11.9. The SMILES string of the molecule is COC(=O)C1=C(C)NC(C)=C(C(=O)OCCc2ccc(OC(CO)CO)cc2)C1c1cccc([N+](=O)[O-])c1. The predicted molar refractivity (Wildman–Crippen MR) is 136 cm³/mol. The van der Waals surface area contributed by atoms with E-state index in [1.54, 1.807) is 44.2 Å². The van der Waals surface area contributed by atoms with Crippen LogP contribution in [-0.4, -0.2) is 60.1 Å². The van der Waals surface area contributed by atoms with Crippen LogP contribution in [0.15, 0.2) is 71.1 Å². The van der Waals surface area contributed by atoms with E-state index >= 15 is 0 Å². The van der Waals surface area contributed by atoms with Crippen LogP contribution < -0.4 is 10.1 Å². The molecule has 1 aliphatic heterocycles. The van der Waals surface area contributed by atoms with E-state index < -0.39 is 28.9 Å². The van der Waals surface area contributed by atoms with Gasteiger partial charge in [0.25, 0.3) is 5.69 Å². The Balaban J connectivity index is 1.80. The topological polar surface area (TPSA) is 157 Å². The number of nitrogens with one attached hydrogen (secondary N) is 1. The van der Waals surface area contributed by atoms with E-state index in [9.17, 15) is 19.7 Å². The molecule has 1 aliphatic rings. The van der Waals surface area contributed by atoms with Gasteiger partial charge in [0.1, 0.15) is 11.9 Å². The molecule has 2 aromatic rings. The van der Waals surface area contributed by atoms with Crippen molar-refractivity contribution >= 4 is 17.6 Å². The fourth-order valence-electron chi connectivity index (χ4n) is 4.20. The van der Waals surface area contributed by atoms with Crippen LogP contribution in [0.1, 0.15) is 30.9 Å². The van der Waals surface area contributed by atoms with Gasteiger partial charge in [-0.3, -0.25) is 10.1 Å². The zero-order valence-electron chi connectivity index (χ0n) is 21.3. The Morgan fingerprint density at radius 1 is 1.03 bits per heavy atom. The van der Waals surface area contributed by atoms with Crippen LogP contribution in [-0.2, 0) is 25.5 Å². The predicted octanol–water partition coefficient (Wildman–Crippen LogP) is 2.52. The first kappa shape index (κ1) is 28.4. The Hall–Kier alpha value is -4.22. The van der Waals surface area contributed by atoms with Gasteiger partial charge in [0, 0.05) is 29.9 Å². The van der Waals surface area contributed by atoms with E-state index in [1.165, 1.54) is 25.3 Å². The van der Waals surface area contributed by atoms with Crippen LogP contribution in [0.25, 0.3) is 0 Å². The maximum atomic E-state index is 13.3. The molecule has 0 spiro atoms. The second kappa shape index (κ2) is 12.8. The number of carbonyl (C=O) groups is 2. The monoisotopic (exact) mass is 526 g/mol. The molecule has 11 nitrogen and oxygen atoms in total. The summed E-state index contributed by atoms with van der Waals surface area (Å²) in [7, 11) is 1.22. The van der Waals surface area contributed by atoms with Gasteiger partial charge in [-0.05, 0) is 37.1 Å². The van der Waals surface area contributed by atoms with E-state index in [-0.39, 0.29) is 36.7 Å². The number of esters is 2. The Morgan fingerprint density at radius 2 is 1.66 bits per heavy atom. The molecule has 3 N–H and O–H groups in total. The van der Waals surface area contributed by atoms with E-state index in [0.717, 1.165) is 5.56 Å². The number of methoxy groups -OCH3 is 1. The zero-order chi connectivity index (χ0) is 27.8. The van der Waals surface area contributed by atoms with Crippen LogP contribution in [0.3, 0.4) is 0 Å². The molecule has 0 bridgehead atoms. The summed E-state index contributed by atoms with van der Waals surface area (Å²) in [5.41, 5.74) is 2.29. The molecule has 2 aromatic carbocycles. The highest BCUT2D eigenvalue weighted by molar-refractivity contribution is 5.99. The minimum absolute atomic E-state index is 0.0314. The van der Waals surface area contributed by atoms with Gasteiger partial charge < -0.3 is 29.7 Å². The molecule has 38 heavy (non-hydrogen) atoms. The summed E-state index contributed by atoms with van der Waals surface area (Å²) in [5, 5.41) is 32.7. The van der Waals surface area contributed by atoms with Crippen LogP contribution in [0.4, 0.5) is 5.69 Å². The van der Waals surface area contributed by atoms with Crippen molar-refractivity contribution in [3.8, 4) is 5.75 Å². The number of aliphatic hydroxyl groups excluding tert-OH is 2. The molecule has 202 valence electrons. The van der Waals surface area contributed by atoms with Crippen molar-refractivity contribution in [2.45, 2.75) is 32.3 Å². The van der Waals surface area contributed by atoms with Gasteiger partial charge in [-0.15, -0.1) is 0 Å². The lowest BCUT2D eigenvalue weighted by molar-refractivity contribution is -0.384. The van der Waals surface area contributed by atoms with Crippen molar-refractivity contribution in [1.29, 1.82) is 0 Å². The number of nitrogens with zero attached hydrogens (tertiary/aromatic N) is 1. The average Bonchev–Trinajstić information content (AvgIpc) is 2.91. The molecule has 11 heteroatoms. The summed E-state index contributed by atoms with van der Waals surface area (Å²) < 4.78 is 16.0. The number of nitro groups is 1. The fraction of sp³-hybridized carbons (Fsp3) is 0.333. The third-order valence-corrected chi connectivity index (χ3v) is 6.06. The number of hydrogen-bond acceptors (Lipinski definition) is 10. The molecule has 0 aromatic heterocycles. The van der Waals surface area contributed by atoms with Crippen LogP contribution in [0.5, 0.6) is 5.75 Å². The molecule has 0 radical (unpaired) electrons. The van der Waals surface area contributed by atoms with Crippen LogP contribution in [0.2, 0.25) is 0 Å². The number of carbonyl (C=O) groups excluding carboxylic acids is 2. The van der Waals surface area contributed by atoms with Gasteiger partial charge in [-0.1, -0.05) is 24.3 Å². The van der Waals surface area contributed by atoms with Gasteiger partial charge in [0.15, 0.2) is 0 Å². The molecule has 1 heterocycles.